The van der Waals surface area contributed by atoms with Crippen LogP contribution in [0.5, 0.6) is 0 Å². The minimum absolute atomic E-state index is 0.0599. The highest BCUT2D eigenvalue weighted by atomic mass is 79.9. The van der Waals surface area contributed by atoms with Gasteiger partial charge in [0.2, 0.25) is 11.9 Å². The van der Waals surface area contributed by atoms with E-state index in [1.807, 2.05) is 36.4 Å². The van der Waals surface area contributed by atoms with Crippen molar-refractivity contribution in [1.82, 2.24) is 19.9 Å². The van der Waals surface area contributed by atoms with Crippen LogP contribution in [0.25, 0.3) is 32.9 Å². The fourth-order valence-corrected chi connectivity index (χ4v) is 7.16. The van der Waals surface area contributed by atoms with E-state index in [1.165, 1.54) is 0 Å². The number of halogens is 5. The summed E-state index contributed by atoms with van der Waals surface area (Å²) in [5.74, 6) is -2.63. The summed E-state index contributed by atoms with van der Waals surface area (Å²) in [6, 6.07) is 32.7. The van der Waals surface area contributed by atoms with Crippen LogP contribution in [0.2, 0.25) is 0 Å². The van der Waals surface area contributed by atoms with Gasteiger partial charge in [-0.15, -0.1) is 0 Å². The number of benzene rings is 6. The first-order valence-corrected chi connectivity index (χ1v) is 21.3. The van der Waals surface area contributed by atoms with E-state index in [1.54, 1.807) is 94.7 Å². The Morgan fingerprint density at radius 1 is 0.618 bits per heavy atom. The number of anilines is 4. The van der Waals surface area contributed by atoms with Crippen molar-refractivity contribution in [3.8, 4) is 23.3 Å². The number of hydrogen-bond donors (Lipinski definition) is 2. The summed E-state index contributed by atoms with van der Waals surface area (Å²) in [6.07, 6.45) is 4.10. The first kappa shape index (κ1) is 48.0. The Morgan fingerprint density at radius 3 is 1.50 bits per heavy atom. The second kappa shape index (κ2) is 20.3. The summed E-state index contributed by atoms with van der Waals surface area (Å²) in [7, 11) is -1.12. The average molecular weight is 980 g/mol. The molecule has 0 saturated carbocycles. The maximum atomic E-state index is 14.5. The number of rotatable bonds is 8. The molecule has 338 valence electrons. The van der Waals surface area contributed by atoms with Crippen molar-refractivity contribution in [3.63, 3.8) is 0 Å². The van der Waals surface area contributed by atoms with Crippen LogP contribution in [0, 0.1) is 45.9 Å². The molecule has 0 aliphatic carbocycles. The molecular formula is C50H36BBrF4N8O4. The van der Waals surface area contributed by atoms with Crippen LogP contribution in [-0.4, -0.2) is 50.8 Å². The van der Waals surface area contributed by atoms with Crippen molar-refractivity contribution in [2.24, 2.45) is 0 Å². The lowest BCUT2D eigenvalue weighted by atomic mass is 9.77. The zero-order valence-corrected chi connectivity index (χ0v) is 38.1. The van der Waals surface area contributed by atoms with Gasteiger partial charge in [-0.1, -0.05) is 30.3 Å². The van der Waals surface area contributed by atoms with Gasteiger partial charge in [0, 0.05) is 55.7 Å². The Labute approximate surface area is 395 Å². The van der Waals surface area contributed by atoms with Crippen LogP contribution in [0.15, 0.2) is 126 Å². The molecule has 6 aromatic carbocycles. The Kier molecular flexibility index (Phi) is 14.4. The predicted molar refractivity (Wildman–Crippen MR) is 254 cm³/mol. The number of para-hydroxylation sites is 2. The summed E-state index contributed by atoms with van der Waals surface area (Å²) in [4.78, 5) is 38.8. The second-order valence-electron chi connectivity index (χ2n) is 16.0. The number of hydrogen-bond acceptors (Lipinski definition) is 12. The van der Waals surface area contributed by atoms with Crippen LogP contribution in [0.1, 0.15) is 59.5 Å². The van der Waals surface area contributed by atoms with E-state index in [2.05, 4.69) is 52.6 Å². The summed E-state index contributed by atoms with van der Waals surface area (Å²) < 4.78 is 69.0. The number of carbonyl (C=O) groups is 2. The zero-order chi connectivity index (χ0) is 48.8. The van der Waals surface area contributed by atoms with E-state index in [0.29, 0.717) is 46.2 Å². The largest absolute Gasteiger partial charge is 0.500 e. The van der Waals surface area contributed by atoms with Gasteiger partial charge in [-0.3, -0.25) is 9.59 Å². The Bertz CT molecular complexity index is 3230. The first-order chi connectivity index (χ1) is 32.5. The standard InChI is InChI=1S/C22H12F2N4O.C15H9BrN4.C13H15BF2O3/c23-18-8-14(12-29)9-19(24)20(18)17-3-1-2-15-11-26-22(28-21(15)17)27-16-6-4-13(10-25)5-7-16;16-13-3-1-2-11-9-18-15(20-14(11)13)19-12-6-4-10(8-17)5-7-12;1-12(2)13(3,4)19-14(18-12)11-9(15)5-8(7-17)6-10(11)16/h1-9,11-12H,(H,26,27,28);1-7,9H,(H,18,19,20);5-7H,1-4H3. The van der Waals surface area contributed by atoms with Gasteiger partial charge in [0.25, 0.3) is 0 Å². The minimum atomic E-state index is -1.12. The lowest BCUT2D eigenvalue weighted by Crippen LogP contribution is -2.41. The molecule has 0 atom stereocenters. The van der Waals surface area contributed by atoms with Crippen LogP contribution in [0.3, 0.4) is 0 Å². The monoisotopic (exact) mass is 978 g/mol. The highest BCUT2D eigenvalue weighted by Crippen LogP contribution is 2.37. The normalized spacial score (nSPS) is 13.2. The molecule has 0 unspecified atom stereocenters. The molecule has 0 bridgehead atoms. The molecule has 9 rings (SSSR count). The highest BCUT2D eigenvalue weighted by molar-refractivity contribution is 9.10. The van der Waals surface area contributed by atoms with Crippen LogP contribution in [0.4, 0.5) is 40.8 Å². The third-order valence-corrected chi connectivity index (χ3v) is 11.5. The third-order valence-electron chi connectivity index (χ3n) is 10.9. The van der Waals surface area contributed by atoms with E-state index in [0.717, 1.165) is 45.3 Å². The minimum Gasteiger partial charge on any atom is -0.399 e. The van der Waals surface area contributed by atoms with E-state index < -0.39 is 41.6 Å². The van der Waals surface area contributed by atoms with Crippen molar-refractivity contribution < 1.29 is 36.5 Å². The topological polar surface area (TPSA) is 176 Å². The fraction of sp³-hybridized carbons (Fsp3) is 0.120. The molecule has 3 heterocycles. The Morgan fingerprint density at radius 2 is 1.04 bits per heavy atom. The van der Waals surface area contributed by atoms with Gasteiger partial charge in [-0.25, -0.2) is 37.5 Å². The molecule has 0 radical (unpaired) electrons. The van der Waals surface area contributed by atoms with Gasteiger partial charge in [-0.2, -0.15) is 10.5 Å². The van der Waals surface area contributed by atoms with Gasteiger partial charge in [0.05, 0.1) is 56.5 Å². The maximum Gasteiger partial charge on any atom is 0.500 e. The zero-order valence-electron chi connectivity index (χ0n) is 36.5. The molecule has 0 spiro atoms. The Balaban J connectivity index is 0.000000156. The number of aldehydes is 2. The number of fused-ring (bicyclic) bond motifs is 2. The lowest BCUT2D eigenvalue weighted by molar-refractivity contribution is 0.00578. The molecule has 2 N–H and O–H groups in total. The van der Waals surface area contributed by atoms with E-state index in [4.69, 9.17) is 19.8 Å². The third kappa shape index (κ3) is 10.7. The first-order valence-electron chi connectivity index (χ1n) is 20.5. The molecule has 1 fully saturated rings. The number of nitrogens with one attached hydrogen (secondary N) is 2. The van der Waals surface area contributed by atoms with Gasteiger partial charge in [0.15, 0.2) is 0 Å². The Hall–Kier alpha value is -7.90. The van der Waals surface area contributed by atoms with Gasteiger partial charge < -0.3 is 19.9 Å². The quantitative estimate of drug-likeness (QED) is 0.0838. The lowest BCUT2D eigenvalue weighted by Gasteiger charge is -2.32. The second-order valence-corrected chi connectivity index (χ2v) is 16.9. The van der Waals surface area contributed by atoms with E-state index >= 15 is 0 Å². The number of nitriles is 2. The molecule has 1 aliphatic rings. The van der Waals surface area contributed by atoms with Gasteiger partial charge in [0.1, 0.15) is 35.8 Å². The molecule has 18 heteroatoms. The van der Waals surface area contributed by atoms with Crippen molar-refractivity contribution >= 4 is 86.2 Å². The summed E-state index contributed by atoms with van der Waals surface area (Å²) in [6.45, 7) is 7.18. The van der Waals surface area contributed by atoms with Gasteiger partial charge in [-0.05, 0) is 122 Å². The summed E-state index contributed by atoms with van der Waals surface area (Å²) in [5, 5.41) is 25.4. The van der Waals surface area contributed by atoms with Crippen molar-refractivity contribution in [3.05, 3.63) is 172 Å². The van der Waals surface area contributed by atoms with Crippen LogP contribution < -0.4 is 16.1 Å². The van der Waals surface area contributed by atoms with Crippen molar-refractivity contribution in [2.45, 2.75) is 38.9 Å². The molecule has 1 aliphatic heterocycles. The number of carbonyl (C=O) groups excluding carboxylic acids is 2. The molecule has 8 aromatic rings. The maximum absolute atomic E-state index is 14.5. The smallest absolute Gasteiger partial charge is 0.399 e. The predicted octanol–water partition coefficient (Wildman–Crippen LogP) is 11.1. The molecule has 12 nitrogen and oxygen atoms in total. The fourth-order valence-electron chi connectivity index (χ4n) is 6.69. The molecule has 2 aromatic heterocycles. The molecule has 0 amide bonds. The van der Waals surface area contributed by atoms with Crippen molar-refractivity contribution in [2.75, 3.05) is 10.6 Å². The molecular weight excluding hydrogens is 943 g/mol. The van der Waals surface area contributed by atoms with E-state index in [-0.39, 0.29) is 33.7 Å². The SMILES string of the molecule is CC1(C)OB(c2c(F)cc(C=O)cc2F)OC1(C)C.N#Cc1ccc(Nc2ncc3cccc(-c4c(F)cc(C=O)cc4F)c3n2)cc1.N#Cc1ccc(Nc2ncc3cccc(Br)c3n2)cc1. The van der Waals surface area contributed by atoms with Crippen molar-refractivity contribution in [1.29, 1.82) is 10.5 Å². The average Bonchev–Trinajstić information content (AvgIpc) is 3.54. The number of aromatic nitrogens is 4. The number of nitrogens with zero attached hydrogens (tertiary/aromatic N) is 6. The van der Waals surface area contributed by atoms with E-state index in [9.17, 15) is 27.2 Å². The van der Waals surface area contributed by atoms with Gasteiger partial charge >= 0.3 is 7.12 Å². The highest BCUT2D eigenvalue weighted by Gasteiger charge is 2.53. The molecule has 1 saturated heterocycles. The van der Waals surface area contributed by atoms with Crippen LogP contribution in [-0.2, 0) is 9.31 Å². The summed E-state index contributed by atoms with van der Waals surface area (Å²) in [5.41, 5.74) is 2.04. The molecule has 68 heavy (non-hydrogen) atoms. The summed E-state index contributed by atoms with van der Waals surface area (Å²) >= 11 is 3.48. The van der Waals surface area contributed by atoms with Crippen LogP contribution >= 0.6 is 15.9 Å².